The first kappa shape index (κ1) is 12.6. The zero-order valence-corrected chi connectivity index (χ0v) is 10.4. The minimum atomic E-state index is -0.435. The van der Waals surface area contributed by atoms with E-state index in [1.54, 1.807) is 13.1 Å². The fraction of sp³-hybridized carbons (Fsp3) is 0.385. The van der Waals surface area contributed by atoms with Gasteiger partial charge in [0.15, 0.2) is 0 Å². The quantitative estimate of drug-likeness (QED) is 0.749. The average Bonchev–Trinajstić information content (AvgIpc) is 2.84. The smallest absolute Gasteiger partial charge is 0.325 e. The molecule has 0 bridgehead atoms. The molecule has 1 heterocycles. The Balaban J connectivity index is 2.11. The molecule has 0 radical (unpaired) electrons. The number of esters is 1. The van der Waals surface area contributed by atoms with Gasteiger partial charge in [-0.15, -0.1) is 0 Å². The zero-order chi connectivity index (χ0) is 13.1. The van der Waals surface area contributed by atoms with Gasteiger partial charge in [0, 0.05) is 12.6 Å². The standard InChI is InChI=1S/C13H15NO4/c1-14(6-12(15)17-2)13(16)9-3-4-10-7-18-8-11(10)5-9/h3-5H,6-8H2,1-2H3. The monoisotopic (exact) mass is 249 g/mol. The molecule has 0 fully saturated rings. The van der Waals surface area contributed by atoms with Crippen molar-refractivity contribution in [1.82, 2.24) is 4.90 Å². The van der Waals surface area contributed by atoms with Crippen LogP contribution < -0.4 is 0 Å². The molecule has 2 rings (SSSR count). The van der Waals surface area contributed by atoms with E-state index >= 15 is 0 Å². The van der Waals surface area contributed by atoms with E-state index in [1.165, 1.54) is 12.0 Å². The number of likely N-dealkylation sites (N-methyl/N-ethyl adjacent to an activating group) is 1. The number of rotatable bonds is 3. The van der Waals surface area contributed by atoms with Gasteiger partial charge in [0.1, 0.15) is 6.54 Å². The molecule has 0 atom stereocenters. The van der Waals surface area contributed by atoms with Gasteiger partial charge in [0.2, 0.25) is 0 Å². The Labute approximate surface area is 105 Å². The molecule has 0 spiro atoms. The summed E-state index contributed by atoms with van der Waals surface area (Å²) in [7, 11) is 2.87. The third-order valence-corrected chi connectivity index (χ3v) is 2.91. The Morgan fingerprint density at radius 2 is 2.06 bits per heavy atom. The summed E-state index contributed by atoms with van der Waals surface area (Å²) < 4.78 is 9.82. The maximum Gasteiger partial charge on any atom is 0.325 e. The number of carbonyl (C=O) groups excluding carboxylic acids is 2. The molecule has 0 aliphatic carbocycles. The van der Waals surface area contributed by atoms with Crippen molar-refractivity contribution < 1.29 is 19.1 Å². The van der Waals surface area contributed by atoms with Gasteiger partial charge in [-0.3, -0.25) is 9.59 Å². The van der Waals surface area contributed by atoms with E-state index in [4.69, 9.17) is 4.74 Å². The van der Waals surface area contributed by atoms with Crippen LogP contribution in [0.15, 0.2) is 18.2 Å². The van der Waals surface area contributed by atoms with E-state index in [1.807, 2.05) is 12.1 Å². The van der Waals surface area contributed by atoms with E-state index in [0.717, 1.165) is 11.1 Å². The predicted molar refractivity (Wildman–Crippen MR) is 63.9 cm³/mol. The highest BCUT2D eigenvalue weighted by atomic mass is 16.5. The predicted octanol–water partition coefficient (Wildman–Crippen LogP) is 0.962. The Hall–Kier alpha value is -1.88. The lowest BCUT2D eigenvalue weighted by molar-refractivity contribution is -0.141. The summed E-state index contributed by atoms with van der Waals surface area (Å²) in [5.74, 6) is -0.634. The number of fused-ring (bicyclic) bond motifs is 1. The van der Waals surface area contributed by atoms with Crippen molar-refractivity contribution in [2.45, 2.75) is 13.2 Å². The lowest BCUT2D eigenvalue weighted by Crippen LogP contribution is -2.32. The van der Waals surface area contributed by atoms with Crippen LogP contribution in [0.5, 0.6) is 0 Å². The van der Waals surface area contributed by atoms with Crippen LogP contribution in [0.1, 0.15) is 21.5 Å². The summed E-state index contributed by atoms with van der Waals surface area (Å²) in [5, 5.41) is 0. The highest BCUT2D eigenvalue weighted by Crippen LogP contribution is 2.21. The summed E-state index contributed by atoms with van der Waals surface area (Å²) in [6.07, 6.45) is 0. The van der Waals surface area contributed by atoms with Gasteiger partial charge in [-0.1, -0.05) is 6.07 Å². The number of carbonyl (C=O) groups is 2. The van der Waals surface area contributed by atoms with Crippen LogP contribution in [0.4, 0.5) is 0 Å². The molecule has 1 aliphatic heterocycles. The topological polar surface area (TPSA) is 55.8 Å². The zero-order valence-electron chi connectivity index (χ0n) is 10.4. The van der Waals surface area contributed by atoms with Gasteiger partial charge in [-0.25, -0.2) is 0 Å². The normalized spacial score (nSPS) is 13.0. The molecule has 1 amide bonds. The summed E-state index contributed by atoms with van der Waals surface area (Å²) in [5.41, 5.74) is 2.71. The minimum absolute atomic E-state index is 0.0527. The van der Waals surface area contributed by atoms with E-state index in [0.29, 0.717) is 18.8 Å². The number of amides is 1. The Morgan fingerprint density at radius 1 is 1.33 bits per heavy atom. The van der Waals surface area contributed by atoms with Crippen LogP contribution in [0.2, 0.25) is 0 Å². The van der Waals surface area contributed by atoms with E-state index < -0.39 is 5.97 Å². The third kappa shape index (κ3) is 2.51. The van der Waals surface area contributed by atoms with Crippen molar-refractivity contribution in [1.29, 1.82) is 0 Å². The van der Waals surface area contributed by atoms with Crippen LogP contribution in [-0.4, -0.2) is 37.5 Å². The molecule has 5 heteroatoms. The summed E-state index contributed by atoms with van der Waals surface area (Å²) in [6.45, 7) is 1.09. The second-order valence-electron chi connectivity index (χ2n) is 4.21. The van der Waals surface area contributed by atoms with Crippen LogP contribution in [-0.2, 0) is 27.5 Å². The van der Waals surface area contributed by atoms with Crippen LogP contribution >= 0.6 is 0 Å². The summed E-state index contributed by atoms with van der Waals surface area (Å²) >= 11 is 0. The van der Waals surface area contributed by atoms with Crippen molar-refractivity contribution in [3.63, 3.8) is 0 Å². The van der Waals surface area contributed by atoms with Crippen molar-refractivity contribution >= 4 is 11.9 Å². The number of ether oxygens (including phenoxy) is 2. The van der Waals surface area contributed by atoms with E-state index in [2.05, 4.69) is 4.74 Å². The molecule has 0 saturated carbocycles. The number of nitrogens with zero attached hydrogens (tertiary/aromatic N) is 1. The van der Waals surface area contributed by atoms with Gasteiger partial charge < -0.3 is 14.4 Å². The second kappa shape index (κ2) is 5.18. The first-order valence-electron chi connectivity index (χ1n) is 5.63. The van der Waals surface area contributed by atoms with Gasteiger partial charge in [0.25, 0.3) is 5.91 Å². The molecule has 0 saturated heterocycles. The largest absolute Gasteiger partial charge is 0.468 e. The summed E-state index contributed by atoms with van der Waals surface area (Å²) in [4.78, 5) is 24.5. The fourth-order valence-corrected chi connectivity index (χ4v) is 1.86. The fourth-order valence-electron chi connectivity index (χ4n) is 1.86. The van der Waals surface area contributed by atoms with Crippen molar-refractivity contribution in [3.05, 3.63) is 34.9 Å². The first-order chi connectivity index (χ1) is 8.61. The molecule has 1 aliphatic rings. The molecular weight excluding hydrogens is 234 g/mol. The SMILES string of the molecule is COC(=O)CN(C)C(=O)c1ccc2c(c1)COC2. The molecule has 5 nitrogen and oxygen atoms in total. The lowest BCUT2D eigenvalue weighted by atomic mass is 10.1. The van der Waals surface area contributed by atoms with Crippen molar-refractivity contribution in [3.8, 4) is 0 Å². The second-order valence-corrected chi connectivity index (χ2v) is 4.21. The van der Waals surface area contributed by atoms with Crippen LogP contribution in [0.3, 0.4) is 0 Å². The number of hydrogen-bond acceptors (Lipinski definition) is 4. The van der Waals surface area contributed by atoms with Crippen molar-refractivity contribution in [2.24, 2.45) is 0 Å². The van der Waals surface area contributed by atoms with Crippen LogP contribution in [0, 0.1) is 0 Å². The highest BCUT2D eigenvalue weighted by molar-refractivity contribution is 5.96. The van der Waals surface area contributed by atoms with Crippen molar-refractivity contribution in [2.75, 3.05) is 20.7 Å². The Morgan fingerprint density at radius 3 is 2.78 bits per heavy atom. The van der Waals surface area contributed by atoms with E-state index in [9.17, 15) is 9.59 Å². The maximum atomic E-state index is 12.1. The third-order valence-electron chi connectivity index (χ3n) is 2.91. The molecular formula is C13H15NO4. The molecule has 0 aromatic heterocycles. The maximum absolute atomic E-state index is 12.1. The molecule has 0 N–H and O–H groups in total. The average molecular weight is 249 g/mol. The van der Waals surface area contributed by atoms with E-state index in [-0.39, 0.29) is 12.5 Å². The number of methoxy groups -OCH3 is 1. The number of hydrogen-bond donors (Lipinski definition) is 0. The molecule has 0 unspecified atom stereocenters. The molecule has 96 valence electrons. The summed E-state index contributed by atoms with van der Waals surface area (Å²) in [6, 6.07) is 5.46. The highest BCUT2D eigenvalue weighted by Gasteiger charge is 2.18. The van der Waals surface area contributed by atoms with Gasteiger partial charge >= 0.3 is 5.97 Å². The Kier molecular flexibility index (Phi) is 3.62. The molecule has 1 aromatic rings. The molecule has 18 heavy (non-hydrogen) atoms. The van der Waals surface area contributed by atoms with Gasteiger partial charge in [0.05, 0.1) is 20.3 Å². The van der Waals surface area contributed by atoms with Gasteiger partial charge in [-0.05, 0) is 23.3 Å². The minimum Gasteiger partial charge on any atom is -0.468 e. The van der Waals surface area contributed by atoms with Crippen LogP contribution in [0.25, 0.3) is 0 Å². The first-order valence-corrected chi connectivity index (χ1v) is 5.63. The molecule has 1 aromatic carbocycles. The Bertz CT molecular complexity index is 484. The van der Waals surface area contributed by atoms with Gasteiger partial charge in [-0.2, -0.15) is 0 Å². The lowest BCUT2D eigenvalue weighted by Gasteiger charge is -2.16. The number of benzene rings is 1.